The van der Waals surface area contributed by atoms with Gasteiger partial charge in [-0.3, -0.25) is 4.79 Å². The molecule has 2 N–H and O–H groups in total. The molecule has 112 valence electrons. The zero-order valence-corrected chi connectivity index (χ0v) is 14.3. The van der Waals surface area contributed by atoms with Gasteiger partial charge in [0.25, 0.3) is 0 Å². The summed E-state index contributed by atoms with van der Waals surface area (Å²) < 4.78 is 0.992. The predicted molar refractivity (Wildman–Crippen MR) is 88.0 cm³/mol. The standard InChI is InChI=1S/C15H21BrN2O.ClH/c1-11-5-3-4-10-18(11)14(19)15(2,17)12-6-8-13(16)9-7-12;/h6-9,11H,3-5,10,17H2,1-2H3;1H. The van der Waals surface area contributed by atoms with Gasteiger partial charge in [0.05, 0.1) is 0 Å². The second-order valence-electron chi connectivity index (χ2n) is 5.55. The van der Waals surface area contributed by atoms with E-state index in [0.717, 1.165) is 29.4 Å². The largest absolute Gasteiger partial charge is 0.338 e. The van der Waals surface area contributed by atoms with E-state index in [4.69, 9.17) is 5.73 Å². The molecule has 2 atom stereocenters. The van der Waals surface area contributed by atoms with Crippen molar-refractivity contribution in [2.45, 2.75) is 44.7 Å². The van der Waals surface area contributed by atoms with Gasteiger partial charge in [0.2, 0.25) is 5.91 Å². The summed E-state index contributed by atoms with van der Waals surface area (Å²) in [5.74, 6) is 0.0297. The highest BCUT2D eigenvalue weighted by atomic mass is 79.9. The number of nitrogens with zero attached hydrogens (tertiary/aromatic N) is 1. The molecule has 2 rings (SSSR count). The Morgan fingerprint density at radius 1 is 1.35 bits per heavy atom. The van der Waals surface area contributed by atoms with E-state index in [1.807, 2.05) is 29.2 Å². The fourth-order valence-corrected chi connectivity index (χ4v) is 2.88. The Labute approximate surface area is 135 Å². The molecule has 1 aliphatic heterocycles. The number of likely N-dealkylation sites (tertiary alicyclic amines) is 1. The molecule has 0 aromatic heterocycles. The molecule has 1 aromatic rings. The molecule has 0 bridgehead atoms. The number of halogens is 2. The number of nitrogens with two attached hydrogens (primary N) is 1. The van der Waals surface area contributed by atoms with Crippen molar-refractivity contribution in [3.63, 3.8) is 0 Å². The third-order valence-corrected chi connectivity index (χ3v) is 4.48. The predicted octanol–water partition coefficient (Wildman–Crippen LogP) is 3.45. The van der Waals surface area contributed by atoms with Crippen LogP contribution in [0.1, 0.15) is 38.7 Å². The smallest absolute Gasteiger partial charge is 0.247 e. The number of rotatable bonds is 2. The third kappa shape index (κ3) is 3.54. The van der Waals surface area contributed by atoms with E-state index in [-0.39, 0.29) is 18.3 Å². The Bertz CT molecular complexity index is 461. The Kier molecular flexibility index (Phi) is 6.05. The molecule has 1 fully saturated rings. The Balaban J connectivity index is 0.00000200. The van der Waals surface area contributed by atoms with Gasteiger partial charge in [-0.2, -0.15) is 0 Å². The van der Waals surface area contributed by atoms with Crippen molar-refractivity contribution < 1.29 is 4.79 Å². The number of benzene rings is 1. The molecular weight excluding hydrogens is 340 g/mol. The Morgan fingerprint density at radius 2 is 1.95 bits per heavy atom. The average Bonchev–Trinajstić information content (AvgIpc) is 2.39. The first-order chi connectivity index (χ1) is 8.93. The number of amides is 1. The fourth-order valence-electron chi connectivity index (χ4n) is 2.62. The van der Waals surface area contributed by atoms with Crippen molar-refractivity contribution in [1.29, 1.82) is 0 Å². The van der Waals surface area contributed by atoms with E-state index in [2.05, 4.69) is 22.9 Å². The van der Waals surface area contributed by atoms with Gasteiger partial charge >= 0.3 is 0 Å². The molecule has 0 saturated carbocycles. The molecule has 1 amide bonds. The van der Waals surface area contributed by atoms with Gasteiger partial charge < -0.3 is 10.6 Å². The Hall–Kier alpha value is -0.580. The molecule has 1 aromatic carbocycles. The highest BCUT2D eigenvalue weighted by Crippen LogP contribution is 2.26. The first-order valence-electron chi connectivity index (χ1n) is 6.79. The lowest BCUT2D eigenvalue weighted by Crippen LogP contribution is -2.54. The van der Waals surface area contributed by atoms with Gasteiger partial charge in [0.15, 0.2) is 0 Å². The minimum Gasteiger partial charge on any atom is -0.338 e. The molecule has 1 aliphatic rings. The van der Waals surface area contributed by atoms with Gasteiger partial charge in [-0.25, -0.2) is 0 Å². The highest BCUT2D eigenvalue weighted by molar-refractivity contribution is 9.10. The zero-order valence-electron chi connectivity index (χ0n) is 11.9. The van der Waals surface area contributed by atoms with Gasteiger partial charge in [0.1, 0.15) is 5.54 Å². The second kappa shape index (κ2) is 6.92. The van der Waals surface area contributed by atoms with Gasteiger partial charge in [-0.1, -0.05) is 28.1 Å². The lowest BCUT2D eigenvalue weighted by molar-refractivity contribution is -0.140. The number of piperidine rings is 1. The molecule has 5 heteroatoms. The fraction of sp³-hybridized carbons (Fsp3) is 0.533. The molecule has 20 heavy (non-hydrogen) atoms. The van der Waals surface area contributed by atoms with Gasteiger partial charge in [-0.05, 0) is 50.8 Å². The van der Waals surface area contributed by atoms with E-state index in [0.29, 0.717) is 6.04 Å². The summed E-state index contributed by atoms with van der Waals surface area (Å²) in [7, 11) is 0. The molecule has 3 nitrogen and oxygen atoms in total. The maximum absolute atomic E-state index is 12.7. The van der Waals surface area contributed by atoms with Crippen molar-refractivity contribution in [3.8, 4) is 0 Å². The van der Waals surface area contributed by atoms with Crippen LogP contribution in [-0.4, -0.2) is 23.4 Å². The normalized spacial score (nSPS) is 21.8. The van der Waals surface area contributed by atoms with Crippen LogP contribution in [-0.2, 0) is 10.3 Å². The number of hydrogen-bond donors (Lipinski definition) is 1. The maximum Gasteiger partial charge on any atom is 0.247 e. The summed E-state index contributed by atoms with van der Waals surface area (Å²) in [4.78, 5) is 14.6. The van der Waals surface area contributed by atoms with Crippen LogP contribution >= 0.6 is 28.3 Å². The van der Waals surface area contributed by atoms with Crippen LogP contribution in [0.15, 0.2) is 28.7 Å². The molecule has 2 unspecified atom stereocenters. The van der Waals surface area contributed by atoms with Crippen molar-refractivity contribution in [1.82, 2.24) is 4.90 Å². The van der Waals surface area contributed by atoms with Crippen molar-refractivity contribution in [3.05, 3.63) is 34.3 Å². The lowest BCUT2D eigenvalue weighted by Gasteiger charge is -2.38. The first kappa shape index (κ1) is 17.5. The minimum absolute atomic E-state index is 0. The van der Waals surface area contributed by atoms with Crippen molar-refractivity contribution >= 4 is 34.2 Å². The van der Waals surface area contributed by atoms with E-state index >= 15 is 0 Å². The van der Waals surface area contributed by atoms with Crippen LogP contribution in [0.2, 0.25) is 0 Å². The van der Waals surface area contributed by atoms with Crippen LogP contribution < -0.4 is 5.73 Å². The summed E-state index contributed by atoms with van der Waals surface area (Å²) in [6.07, 6.45) is 3.35. The summed E-state index contributed by atoms with van der Waals surface area (Å²) in [5.41, 5.74) is 6.23. The van der Waals surface area contributed by atoms with Gasteiger partial charge in [-0.15, -0.1) is 12.4 Å². The topological polar surface area (TPSA) is 46.3 Å². The van der Waals surface area contributed by atoms with E-state index in [1.54, 1.807) is 6.92 Å². The van der Waals surface area contributed by atoms with E-state index < -0.39 is 5.54 Å². The Morgan fingerprint density at radius 3 is 2.50 bits per heavy atom. The molecular formula is C15H22BrClN2O. The SMILES string of the molecule is CC1CCCCN1C(=O)C(C)(N)c1ccc(Br)cc1.Cl. The summed E-state index contributed by atoms with van der Waals surface area (Å²) >= 11 is 3.40. The van der Waals surface area contributed by atoms with Crippen LogP contribution in [0.4, 0.5) is 0 Å². The summed E-state index contributed by atoms with van der Waals surface area (Å²) in [5, 5.41) is 0. The minimum atomic E-state index is -0.952. The monoisotopic (exact) mass is 360 g/mol. The zero-order chi connectivity index (χ0) is 14.0. The highest BCUT2D eigenvalue weighted by Gasteiger charge is 2.37. The number of carbonyl (C=O) groups is 1. The first-order valence-corrected chi connectivity index (χ1v) is 7.58. The van der Waals surface area contributed by atoms with Crippen molar-refractivity contribution in [2.24, 2.45) is 5.73 Å². The molecule has 1 saturated heterocycles. The summed E-state index contributed by atoms with van der Waals surface area (Å²) in [6.45, 7) is 4.73. The molecule has 0 radical (unpaired) electrons. The molecule has 0 aliphatic carbocycles. The van der Waals surface area contributed by atoms with Gasteiger partial charge in [0, 0.05) is 17.1 Å². The van der Waals surface area contributed by atoms with Crippen LogP contribution in [0.3, 0.4) is 0 Å². The molecule has 1 heterocycles. The van der Waals surface area contributed by atoms with Crippen molar-refractivity contribution in [2.75, 3.05) is 6.54 Å². The lowest BCUT2D eigenvalue weighted by atomic mass is 9.90. The summed E-state index contributed by atoms with van der Waals surface area (Å²) in [6, 6.07) is 7.97. The maximum atomic E-state index is 12.7. The van der Waals surface area contributed by atoms with Crippen LogP contribution in [0, 0.1) is 0 Å². The second-order valence-corrected chi connectivity index (χ2v) is 6.47. The quantitative estimate of drug-likeness (QED) is 0.877. The molecule has 0 spiro atoms. The average molecular weight is 362 g/mol. The van der Waals surface area contributed by atoms with Crippen LogP contribution in [0.25, 0.3) is 0 Å². The number of hydrogen-bond acceptors (Lipinski definition) is 2. The van der Waals surface area contributed by atoms with E-state index in [1.165, 1.54) is 6.42 Å². The van der Waals surface area contributed by atoms with Crippen LogP contribution in [0.5, 0.6) is 0 Å². The third-order valence-electron chi connectivity index (χ3n) is 3.95. The number of carbonyl (C=O) groups excluding carboxylic acids is 1. The van der Waals surface area contributed by atoms with E-state index in [9.17, 15) is 4.79 Å².